The van der Waals surface area contributed by atoms with Crippen LogP contribution in [0.1, 0.15) is 32.3 Å². The van der Waals surface area contributed by atoms with Crippen LogP contribution in [0.5, 0.6) is 5.88 Å². The molecule has 0 amide bonds. The highest BCUT2D eigenvalue weighted by Crippen LogP contribution is 2.24. The van der Waals surface area contributed by atoms with Crippen LogP contribution in [0.25, 0.3) is 0 Å². The van der Waals surface area contributed by atoms with Crippen molar-refractivity contribution in [3.8, 4) is 5.88 Å². The molecule has 0 aliphatic carbocycles. The van der Waals surface area contributed by atoms with Gasteiger partial charge in [0.2, 0.25) is 5.88 Å². The van der Waals surface area contributed by atoms with Crippen molar-refractivity contribution in [3.05, 3.63) is 17.8 Å². The molecule has 2 atom stereocenters. The van der Waals surface area contributed by atoms with Crippen LogP contribution in [0.15, 0.2) is 12.3 Å². The minimum atomic E-state index is 0.170. The Balaban J connectivity index is 2.02. The Labute approximate surface area is 102 Å². The molecule has 2 unspecified atom stereocenters. The third kappa shape index (κ3) is 3.09. The molecular formula is C13H20N2O2. The van der Waals surface area contributed by atoms with E-state index < -0.39 is 0 Å². The Bertz CT molecular complexity index is 385. The van der Waals surface area contributed by atoms with Crippen LogP contribution >= 0.6 is 0 Å². The molecule has 1 aliphatic heterocycles. The van der Waals surface area contributed by atoms with Gasteiger partial charge in [-0.3, -0.25) is 0 Å². The SMILES string of the molecule is Cc1cnc(OC2CC(C)OC(C)C2)cc1N. The predicted molar refractivity (Wildman–Crippen MR) is 67.0 cm³/mol. The van der Waals surface area contributed by atoms with E-state index in [1.165, 1.54) is 0 Å². The van der Waals surface area contributed by atoms with E-state index in [4.69, 9.17) is 15.2 Å². The van der Waals surface area contributed by atoms with Crippen molar-refractivity contribution in [1.82, 2.24) is 4.98 Å². The second-order valence-corrected chi connectivity index (χ2v) is 4.85. The summed E-state index contributed by atoms with van der Waals surface area (Å²) in [7, 11) is 0. The zero-order valence-electron chi connectivity index (χ0n) is 10.6. The molecule has 1 aromatic heterocycles. The molecule has 1 aliphatic rings. The number of nitrogen functional groups attached to an aromatic ring is 1. The van der Waals surface area contributed by atoms with Gasteiger partial charge in [-0.1, -0.05) is 0 Å². The monoisotopic (exact) mass is 236 g/mol. The zero-order valence-corrected chi connectivity index (χ0v) is 10.6. The first kappa shape index (κ1) is 12.2. The fraction of sp³-hybridized carbons (Fsp3) is 0.615. The van der Waals surface area contributed by atoms with Crippen molar-refractivity contribution in [2.24, 2.45) is 0 Å². The normalized spacial score (nSPS) is 29.0. The van der Waals surface area contributed by atoms with E-state index in [1.807, 2.05) is 6.92 Å². The average Bonchev–Trinajstić information content (AvgIpc) is 2.22. The molecule has 0 bridgehead atoms. The van der Waals surface area contributed by atoms with Crippen LogP contribution in [0.4, 0.5) is 5.69 Å². The highest BCUT2D eigenvalue weighted by molar-refractivity contribution is 5.47. The van der Waals surface area contributed by atoms with E-state index in [-0.39, 0.29) is 18.3 Å². The lowest BCUT2D eigenvalue weighted by Crippen LogP contribution is -2.35. The fourth-order valence-corrected chi connectivity index (χ4v) is 2.19. The van der Waals surface area contributed by atoms with Gasteiger partial charge < -0.3 is 15.2 Å². The number of anilines is 1. The van der Waals surface area contributed by atoms with Gasteiger partial charge in [-0.25, -0.2) is 4.98 Å². The summed E-state index contributed by atoms with van der Waals surface area (Å²) < 4.78 is 11.5. The maximum absolute atomic E-state index is 5.86. The van der Waals surface area contributed by atoms with E-state index in [0.29, 0.717) is 5.88 Å². The summed E-state index contributed by atoms with van der Waals surface area (Å²) >= 11 is 0. The van der Waals surface area contributed by atoms with Crippen LogP contribution in [-0.4, -0.2) is 23.3 Å². The Hall–Kier alpha value is -1.29. The first-order valence-corrected chi connectivity index (χ1v) is 6.09. The maximum Gasteiger partial charge on any atom is 0.215 e. The van der Waals surface area contributed by atoms with Crippen molar-refractivity contribution in [1.29, 1.82) is 0 Å². The number of hydrogen-bond donors (Lipinski definition) is 1. The van der Waals surface area contributed by atoms with Crippen LogP contribution < -0.4 is 10.5 Å². The first-order valence-electron chi connectivity index (χ1n) is 6.09. The lowest BCUT2D eigenvalue weighted by Gasteiger charge is -2.31. The Morgan fingerprint density at radius 3 is 2.59 bits per heavy atom. The molecule has 1 aromatic rings. The number of nitrogens with zero attached hydrogens (tertiary/aromatic N) is 1. The van der Waals surface area contributed by atoms with Gasteiger partial charge in [-0.05, 0) is 26.3 Å². The summed E-state index contributed by atoms with van der Waals surface area (Å²) in [5.74, 6) is 0.611. The summed E-state index contributed by atoms with van der Waals surface area (Å²) in [6.07, 6.45) is 4.21. The predicted octanol–water partition coefficient (Wildman–Crippen LogP) is 2.31. The minimum Gasteiger partial charge on any atom is -0.474 e. The van der Waals surface area contributed by atoms with Crippen molar-refractivity contribution in [2.45, 2.75) is 51.9 Å². The van der Waals surface area contributed by atoms with Crippen molar-refractivity contribution >= 4 is 5.69 Å². The van der Waals surface area contributed by atoms with Gasteiger partial charge >= 0.3 is 0 Å². The molecule has 0 radical (unpaired) electrons. The van der Waals surface area contributed by atoms with Gasteiger partial charge in [0.15, 0.2) is 0 Å². The molecule has 4 nitrogen and oxygen atoms in total. The number of rotatable bonds is 2. The molecule has 17 heavy (non-hydrogen) atoms. The van der Waals surface area contributed by atoms with Gasteiger partial charge in [-0.15, -0.1) is 0 Å². The lowest BCUT2D eigenvalue weighted by molar-refractivity contribution is -0.0729. The Kier molecular flexibility index (Phi) is 3.52. The van der Waals surface area contributed by atoms with Crippen LogP contribution in [-0.2, 0) is 4.74 Å². The third-order valence-electron chi connectivity index (χ3n) is 3.06. The van der Waals surface area contributed by atoms with E-state index in [2.05, 4.69) is 18.8 Å². The lowest BCUT2D eigenvalue weighted by atomic mass is 10.0. The van der Waals surface area contributed by atoms with Crippen LogP contribution in [0, 0.1) is 6.92 Å². The quantitative estimate of drug-likeness (QED) is 0.856. The van der Waals surface area contributed by atoms with Gasteiger partial charge in [0.25, 0.3) is 0 Å². The van der Waals surface area contributed by atoms with E-state index in [1.54, 1.807) is 12.3 Å². The molecular weight excluding hydrogens is 216 g/mol. The van der Waals surface area contributed by atoms with Crippen molar-refractivity contribution < 1.29 is 9.47 Å². The minimum absolute atomic E-state index is 0.170. The molecule has 1 fully saturated rings. The summed E-state index contributed by atoms with van der Waals surface area (Å²) in [6.45, 7) is 6.08. The topological polar surface area (TPSA) is 57.4 Å². The van der Waals surface area contributed by atoms with E-state index in [0.717, 1.165) is 24.1 Å². The summed E-state index contributed by atoms with van der Waals surface area (Å²) in [6, 6.07) is 1.79. The maximum atomic E-state index is 5.86. The number of ether oxygens (including phenoxy) is 2. The second kappa shape index (κ2) is 4.92. The Morgan fingerprint density at radius 1 is 1.35 bits per heavy atom. The van der Waals surface area contributed by atoms with E-state index in [9.17, 15) is 0 Å². The first-order chi connectivity index (χ1) is 8.04. The summed E-state index contributed by atoms with van der Waals surface area (Å²) in [4.78, 5) is 4.24. The molecule has 0 spiro atoms. The van der Waals surface area contributed by atoms with Gasteiger partial charge in [0.1, 0.15) is 6.10 Å². The molecule has 4 heteroatoms. The average molecular weight is 236 g/mol. The smallest absolute Gasteiger partial charge is 0.215 e. The highest BCUT2D eigenvalue weighted by Gasteiger charge is 2.26. The van der Waals surface area contributed by atoms with Crippen LogP contribution in [0.2, 0.25) is 0 Å². The molecule has 2 heterocycles. The number of aryl methyl sites for hydroxylation is 1. The summed E-state index contributed by atoms with van der Waals surface area (Å²) in [5.41, 5.74) is 7.54. The van der Waals surface area contributed by atoms with Crippen LogP contribution in [0.3, 0.4) is 0 Å². The molecule has 0 saturated carbocycles. The third-order valence-corrected chi connectivity index (χ3v) is 3.06. The second-order valence-electron chi connectivity index (χ2n) is 4.85. The van der Waals surface area contributed by atoms with E-state index >= 15 is 0 Å². The summed E-state index contributed by atoms with van der Waals surface area (Å²) in [5, 5.41) is 0. The van der Waals surface area contributed by atoms with Crippen molar-refractivity contribution in [2.75, 3.05) is 5.73 Å². The molecule has 94 valence electrons. The zero-order chi connectivity index (χ0) is 12.4. The fourth-order valence-electron chi connectivity index (χ4n) is 2.19. The van der Waals surface area contributed by atoms with Gasteiger partial charge in [-0.2, -0.15) is 0 Å². The molecule has 2 N–H and O–H groups in total. The molecule has 1 saturated heterocycles. The number of hydrogen-bond acceptors (Lipinski definition) is 4. The Morgan fingerprint density at radius 2 is 2.00 bits per heavy atom. The molecule has 0 aromatic carbocycles. The van der Waals surface area contributed by atoms with Gasteiger partial charge in [0.05, 0.1) is 12.2 Å². The number of nitrogens with two attached hydrogens (primary N) is 1. The number of pyridine rings is 1. The standard InChI is InChI=1S/C13H20N2O2/c1-8-7-15-13(6-12(8)14)17-11-4-9(2)16-10(3)5-11/h6-7,9-11H,4-5H2,1-3H3,(H2,14,15). The largest absolute Gasteiger partial charge is 0.474 e. The molecule has 2 rings (SSSR count). The highest BCUT2D eigenvalue weighted by atomic mass is 16.5. The van der Waals surface area contributed by atoms with Gasteiger partial charge in [0, 0.05) is 30.8 Å². The number of aromatic nitrogens is 1. The van der Waals surface area contributed by atoms with Crippen molar-refractivity contribution in [3.63, 3.8) is 0 Å².